The number of rotatable bonds is 4. The molecule has 104 valence electrons. The fourth-order valence-electron chi connectivity index (χ4n) is 3.40. The van der Waals surface area contributed by atoms with Crippen molar-refractivity contribution in [1.29, 1.82) is 0 Å². The number of anilines is 1. The Bertz CT molecular complexity index is 407. The zero-order valence-electron chi connectivity index (χ0n) is 12.5. The zero-order chi connectivity index (χ0) is 13.8. The summed E-state index contributed by atoms with van der Waals surface area (Å²) in [4.78, 5) is 0. The van der Waals surface area contributed by atoms with Gasteiger partial charge in [-0.25, -0.2) is 0 Å². The van der Waals surface area contributed by atoms with Crippen LogP contribution in [0.4, 0.5) is 5.69 Å². The number of hydrogen-bond acceptors (Lipinski definition) is 1. The van der Waals surface area contributed by atoms with Crippen LogP contribution in [0.5, 0.6) is 0 Å². The van der Waals surface area contributed by atoms with Gasteiger partial charge in [0.1, 0.15) is 0 Å². The van der Waals surface area contributed by atoms with Crippen LogP contribution in [-0.4, -0.2) is 0 Å². The summed E-state index contributed by atoms with van der Waals surface area (Å²) in [6.45, 7) is 11.4. The first-order chi connectivity index (χ1) is 9.08. The average Bonchev–Trinajstić information content (AvgIpc) is 2.39. The Morgan fingerprint density at radius 3 is 2.53 bits per heavy atom. The van der Waals surface area contributed by atoms with E-state index in [0.717, 1.165) is 23.4 Å². The van der Waals surface area contributed by atoms with Gasteiger partial charge in [0.05, 0.1) is 0 Å². The van der Waals surface area contributed by atoms with Crippen molar-refractivity contribution in [3.63, 3.8) is 0 Å². The van der Waals surface area contributed by atoms with Crippen molar-refractivity contribution in [2.45, 2.75) is 40.0 Å². The Morgan fingerprint density at radius 1 is 1.21 bits per heavy atom. The number of hydrogen-bond donors (Lipinski definition) is 1. The molecule has 1 aromatic rings. The minimum atomic E-state index is 0.615. The van der Waals surface area contributed by atoms with Crippen LogP contribution in [0.1, 0.15) is 40.0 Å². The SMILES string of the molecule is C=C(Nc1ccccc1)C1C[C@H](C)CC[C@H]1C(C)C. The van der Waals surface area contributed by atoms with E-state index in [9.17, 15) is 0 Å². The standard InChI is InChI=1S/C18H27N/c1-13(2)17-11-10-14(3)12-18(17)15(4)19-16-8-6-5-7-9-16/h5-9,13-14,17-19H,4,10-12H2,1-3H3/t14-,17+,18?/m1/s1. The van der Waals surface area contributed by atoms with Crippen molar-refractivity contribution in [2.75, 3.05) is 5.32 Å². The smallest absolute Gasteiger partial charge is 0.0381 e. The Balaban J connectivity index is 2.06. The lowest BCUT2D eigenvalue weighted by Gasteiger charge is -2.38. The van der Waals surface area contributed by atoms with Gasteiger partial charge in [-0.3, -0.25) is 0 Å². The number of allylic oxidation sites excluding steroid dienone is 1. The number of para-hydroxylation sites is 1. The van der Waals surface area contributed by atoms with E-state index in [1.165, 1.54) is 25.0 Å². The molecule has 3 atom stereocenters. The van der Waals surface area contributed by atoms with Crippen LogP contribution < -0.4 is 5.32 Å². The van der Waals surface area contributed by atoms with Crippen LogP contribution in [0, 0.1) is 23.7 Å². The molecule has 1 aromatic carbocycles. The fraction of sp³-hybridized carbons (Fsp3) is 0.556. The highest BCUT2D eigenvalue weighted by Gasteiger charge is 2.32. The third kappa shape index (κ3) is 3.62. The molecular weight excluding hydrogens is 230 g/mol. The van der Waals surface area contributed by atoms with Gasteiger partial charge >= 0.3 is 0 Å². The number of nitrogens with one attached hydrogen (secondary N) is 1. The van der Waals surface area contributed by atoms with Gasteiger partial charge in [-0.15, -0.1) is 0 Å². The molecule has 0 radical (unpaired) electrons. The first kappa shape index (κ1) is 14.2. The van der Waals surface area contributed by atoms with Gasteiger partial charge in [0.25, 0.3) is 0 Å². The van der Waals surface area contributed by atoms with Crippen molar-refractivity contribution in [3.8, 4) is 0 Å². The summed E-state index contributed by atoms with van der Waals surface area (Å²) in [5.74, 6) is 2.96. The molecular formula is C18H27N. The summed E-state index contributed by atoms with van der Waals surface area (Å²) >= 11 is 0. The second kappa shape index (κ2) is 6.27. The highest BCUT2D eigenvalue weighted by molar-refractivity contribution is 5.47. The van der Waals surface area contributed by atoms with E-state index in [-0.39, 0.29) is 0 Å². The zero-order valence-corrected chi connectivity index (χ0v) is 12.5. The minimum Gasteiger partial charge on any atom is -0.359 e. The van der Waals surface area contributed by atoms with Crippen LogP contribution in [0.25, 0.3) is 0 Å². The van der Waals surface area contributed by atoms with Crippen LogP contribution in [0.15, 0.2) is 42.6 Å². The maximum absolute atomic E-state index is 4.33. The first-order valence-corrected chi connectivity index (χ1v) is 7.58. The quantitative estimate of drug-likeness (QED) is 0.769. The minimum absolute atomic E-state index is 0.615. The maximum Gasteiger partial charge on any atom is 0.0381 e. The normalized spacial score (nSPS) is 27.3. The molecule has 1 nitrogen and oxygen atoms in total. The molecule has 1 unspecified atom stereocenters. The van der Waals surface area contributed by atoms with Gasteiger partial charge in [-0.2, -0.15) is 0 Å². The number of benzene rings is 1. The Labute approximate surface area is 118 Å². The summed E-state index contributed by atoms with van der Waals surface area (Å²) < 4.78 is 0. The highest BCUT2D eigenvalue weighted by Crippen LogP contribution is 2.41. The Kier molecular flexibility index (Phi) is 4.68. The lowest BCUT2D eigenvalue weighted by molar-refractivity contribution is 0.171. The molecule has 2 rings (SSSR count). The van der Waals surface area contributed by atoms with Gasteiger partial charge in [-0.05, 0) is 42.7 Å². The van der Waals surface area contributed by atoms with Crippen molar-refractivity contribution >= 4 is 5.69 Å². The molecule has 19 heavy (non-hydrogen) atoms. The lowest BCUT2D eigenvalue weighted by atomic mass is 9.69. The van der Waals surface area contributed by atoms with Crippen LogP contribution >= 0.6 is 0 Å². The van der Waals surface area contributed by atoms with E-state index in [4.69, 9.17) is 0 Å². The second-order valence-electron chi connectivity index (χ2n) is 6.45. The van der Waals surface area contributed by atoms with E-state index in [0.29, 0.717) is 5.92 Å². The first-order valence-electron chi connectivity index (χ1n) is 7.58. The van der Waals surface area contributed by atoms with Crippen LogP contribution in [-0.2, 0) is 0 Å². The fourth-order valence-corrected chi connectivity index (χ4v) is 3.40. The summed E-state index contributed by atoms with van der Waals surface area (Å²) in [6, 6.07) is 10.4. The molecule has 1 heteroatoms. The predicted octanol–water partition coefficient (Wildman–Crippen LogP) is 5.32. The van der Waals surface area contributed by atoms with E-state index >= 15 is 0 Å². The summed E-state index contributed by atoms with van der Waals surface area (Å²) in [5, 5.41) is 3.52. The van der Waals surface area contributed by atoms with E-state index in [1.807, 2.05) is 6.07 Å². The molecule has 1 fully saturated rings. The molecule has 1 saturated carbocycles. The summed E-state index contributed by atoms with van der Waals surface area (Å²) in [7, 11) is 0. The highest BCUT2D eigenvalue weighted by atomic mass is 14.9. The van der Waals surface area contributed by atoms with Gasteiger partial charge < -0.3 is 5.32 Å². The maximum atomic E-state index is 4.33. The average molecular weight is 257 g/mol. The molecule has 0 saturated heterocycles. The van der Waals surface area contributed by atoms with Crippen LogP contribution in [0.3, 0.4) is 0 Å². The second-order valence-corrected chi connectivity index (χ2v) is 6.45. The predicted molar refractivity (Wildman–Crippen MR) is 84.0 cm³/mol. The topological polar surface area (TPSA) is 12.0 Å². The van der Waals surface area contributed by atoms with E-state index in [2.05, 4.69) is 56.9 Å². The molecule has 0 bridgehead atoms. The molecule has 1 aliphatic carbocycles. The van der Waals surface area contributed by atoms with Crippen molar-refractivity contribution in [1.82, 2.24) is 0 Å². The van der Waals surface area contributed by atoms with Crippen molar-refractivity contribution in [2.24, 2.45) is 23.7 Å². The molecule has 0 heterocycles. The Hall–Kier alpha value is -1.24. The van der Waals surface area contributed by atoms with Crippen molar-refractivity contribution in [3.05, 3.63) is 42.6 Å². The van der Waals surface area contributed by atoms with Gasteiger partial charge in [0.2, 0.25) is 0 Å². The van der Waals surface area contributed by atoms with Crippen LogP contribution in [0.2, 0.25) is 0 Å². The molecule has 0 aliphatic heterocycles. The third-order valence-electron chi connectivity index (χ3n) is 4.55. The largest absolute Gasteiger partial charge is 0.359 e. The van der Waals surface area contributed by atoms with Gasteiger partial charge in [0, 0.05) is 17.3 Å². The van der Waals surface area contributed by atoms with Crippen molar-refractivity contribution < 1.29 is 0 Å². The van der Waals surface area contributed by atoms with Gasteiger partial charge in [-0.1, -0.05) is 52.0 Å². The van der Waals surface area contributed by atoms with E-state index < -0.39 is 0 Å². The molecule has 1 aliphatic rings. The molecule has 1 N–H and O–H groups in total. The molecule has 0 spiro atoms. The Morgan fingerprint density at radius 2 is 1.89 bits per heavy atom. The van der Waals surface area contributed by atoms with E-state index in [1.54, 1.807) is 0 Å². The molecule has 0 amide bonds. The monoisotopic (exact) mass is 257 g/mol. The summed E-state index contributed by atoms with van der Waals surface area (Å²) in [5.41, 5.74) is 2.37. The van der Waals surface area contributed by atoms with Gasteiger partial charge in [0.15, 0.2) is 0 Å². The lowest BCUT2D eigenvalue weighted by Crippen LogP contribution is -2.30. The summed E-state index contributed by atoms with van der Waals surface area (Å²) in [6.07, 6.45) is 4.00. The third-order valence-corrected chi connectivity index (χ3v) is 4.55. The molecule has 0 aromatic heterocycles.